The summed E-state index contributed by atoms with van der Waals surface area (Å²) in [4.78, 5) is 2.39. The highest BCUT2D eigenvalue weighted by molar-refractivity contribution is 6.01. The molecule has 0 aliphatic carbocycles. The fraction of sp³-hybridized carbons (Fsp3) is 0.0345. The van der Waals surface area contributed by atoms with Crippen LogP contribution >= 0.6 is 0 Å². The molecule has 0 amide bonds. The van der Waals surface area contributed by atoms with Gasteiger partial charge in [0.2, 0.25) is 0 Å². The molecule has 0 saturated heterocycles. The van der Waals surface area contributed by atoms with Gasteiger partial charge in [0, 0.05) is 16.6 Å². The van der Waals surface area contributed by atoms with E-state index in [-0.39, 0.29) is 0 Å². The summed E-state index contributed by atoms with van der Waals surface area (Å²) in [5.74, 6) is 0. The number of aryl methyl sites for hydroxylation is 1. The summed E-state index contributed by atoms with van der Waals surface area (Å²) in [5.41, 5.74) is 7.20. The van der Waals surface area contributed by atoms with E-state index in [1.54, 1.807) is 0 Å². The van der Waals surface area contributed by atoms with Crippen molar-refractivity contribution in [1.29, 1.82) is 0 Å². The van der Waals surface area contributed by atoms with Crippen molar-refractivity contribution >= 4 is 27.8 Å². The molecule has 5 aromatic carbocycles. The van der Waals surface area contributed by atoms with Crippen LogP contribution in [0.25, 0.3) is 21.9 Å². The molecule has 1 nitrogen and oxygen atoms in total. The monoisotopic (exact) mass is 385 g/mol. The molecule has 0 radical (unpaired) electrons. The molecule has 0 saturated carbocycles. The topological polar surface area (TPSA) is 3.24 Å². The second-order valence-electron chi connectivity index (χ2n) is 7.56. The zero-order chi connectivity index (χ0) is 20.3. The van der Waals surface area contributed by atoms with Crippen LogP contribution < -0.4 is 4.90 Å². The minimum atomic E-state index is 1.15. The van der Waals surface area contributed by atoms with Crippen molar-refractivity contribution in [3.05, 3.63) is 127 Å². The first-order valence-corrected chi connectivity index (χ1v) is 10.3. The minimum Gasteiger partial charge on any atom is -0.309 e. The molecule has 0 aliphatic rings. The SMILES string of the molecule is Cc1cc(N(c2ccccc2)c2ccccc2-c2ccccc2)c2ccccc2c1. The lowest BCUT2D eigenvalue weighted by Gasteiger charge is -2.29. The van der Waals surface area contributed by atoms with E-state index >= 15 is 0 Å². The number of anilines is 3. The van der Waals surface area contributed by atoms with Crippen molar-refractivity contribution in [3.8, 4) is 11.1 Å². The molecule has 0 aliphatic heterocycles. The van der Waals surface area contributed by atoms with Gasteiger partial charge in [-0.05, 0) is 47.7 Å². The Kier molecular flexibility index (Phi) is 4.78. The highest BCUT2D eigenvalue weighted by atomic mass is 15.1. The quantitative estimate of drug-likeness (QED) is 0.301. The Labute approximate surface area is 177 Å². The number of nitrogens with zero attached hydrogens (tertiary/aromatic N) is 1. The number of hydrogen-bond donors (Lipinski definition) is 0. The third-order valence-corrected chi connectivity index (χ3v) is 5.47. The summed E-state index contributed by atoms with van der Waals surface area (Å²) in [6.45, 7) is 2.17. The van der Waals surface area contributed by atoms with Crippen molar-refractivity contribution in [2.24, 2.45) is 0 Å². The van der Waals surface area contributed by atoms with Crippen LogP contribution in [0.1, 0.15) is 5.56 Å². The van der Waals surface area contributed by atoms with E-state index in [0.717, 1.165) is 5.69 Å². The smallest absolute Gasteiger partial charge is 0.0542 e. The second kappa shape index (κ2) is 7.88. The Morgan fingerprint density at radius 3 is 1.97 bits per heavy atom. The van der Waals surface area contributed by atoms with Crippen LogP contribution in [-0.2, 0) is 0 Å². The molecule has 0 unspecified atom stereocenters. The molecule has 0 spiro atoms. The summed E-state index contributed by atoms with van der Waals surface area (Å²) >= 11 is 0. The number of para-hydroxylation sites is 2. The zero-order valence-corrected chi connectivity index (χ0v) is 17.0. The van der Waals surface area contributed by atoms with Gasteiger partial charge in [-0.1, -0.05) is 97.1 Å². The highest BCUT2D eigenvalue weighted by Gasteiger charge is 2.18. The molecule has 5 rings (SSSR count). The van der Waals surface area contributed by atoms with E-state index in [4.69, 9.17) is 0 Å². The Bertz CT molecular complexity index is 1290. The van der Waals surface area contributed by atoms with E-state index in [9.17, 15) is 0 Å². The van der Waals surface area contributed by atoms with Gasteiger partial charge in [0.25, 0.3) is 0 Å². The van der Waals surface area contributed by atoms with Crippen molar-refractivity contribution < 1.29 is 0 Å². The average Bonchev–Trinajstić information content (AvgIpc) is 2.81. The molecular weight excluding hydrogens is 362 g/mol. The Morgan fingerprint density at radius 1 is 0.533 bits per heavy atom. The van der Waals surface area contributed by atoms with E-state index in [1.165, 1.54) is 38.8 Å². The first-order valence-electron chi connectivity index (χ1n) is 10.3. The molecule has 0 heterocycles. The summed E-state index contributed by atoms with van der Waals surface area (Å²) in [6, 6.07) is 43.1. The fourth-order valence-corrected chi connectivity index (χ4v) is 4.14. The summed E-state index contributed by atoms with van der Waals surface area (Å²) < 4.78 is 0. The maximum atomic E-state index is 2.39. The van der Waals surface area contributed by atoms with Gasteiger partial charge in [-0.3, -0.25) is 0 Å². The standard InChI is InChI=1S/C29H23N/c1-22-20-24-14-8-9-18-27(24)29(21-22)30(25-15-6-3-7-16-25)28-19-11-10-17-26(28)23-12-4-2-5-13-23/h2-21H,1H3. The predicted octanol–water partition coefficient (Wildman–Crippen LogP) is 8.29. The van der Waals surface area contributed by atoms with Crippen LogP contribution in [-0.4, -0.2) is 0 Å². The average molecular weight is 386 g/mol. The van der Waals surface area contributed by atoms with Crippen molar-refractivity contribution in [1.82, 2.24) is 0 Å². The maximum Gasteiger partial charge on any atom is 0.0542 e. The van der Waals surface area contributed by atoms with Gasteiger partial charge in [-0.2, -0.15) is 0 Å². The van der Waals surface area contributed by atoms with Gasteiger partial charge >= 0.3 is 0 Å². The molecular formula is C29H23N. The lowest BCUT2D eigenvalue weighted by Crippen LogP contribution is -2.12. The Morgan fingerprint density at radius 2 is 1.17 bits per heavy atom. The van der Waals surface area contributed by atoms with Crippen LogP contribution in [0.15, 0.2) is 121 Å². The van der Waals surface area contributed by atoms with Gasteiger partial charge in [0.15, 0.2) is 0 Å². The molecule has 5 aromatic rings. The largest absolute Gasteiger partial charge is 0.309 e. The normalized spacial score (nSPS) is 10.8. The molecule has 0 bridgehead atoms. The van der Waals surface area contributed by atoms with E-state index in [2.05, 4.69) is 133 Å². The van der Waals surface area contributed by atoms with Gasteiger partial charge in [0.1, 0.15) is 0 Å². The first-order chi connectivity index (χ1) is 14.8. The van der Waals surface area contributed by atoms with E-state index in [1.807, 2.05) is 0 Å². The fourth-order valence-electron chi connectivity index (χ4n) is 4.14. The number of rotatable bonds is 4. The van der Waals surface area contributed by atoms with Crippen LogP contribution in [0.4, 0.5) is 17.1 Å². The van der Waals surface area contributed by atoms with Crippen LogP contribution in [0.2, 0.25) is 0 Å². The highest BCUT2D eigenvalue weighted by Crippen LogP contribution is 2.43. The van der Waals surface area contributed by atoms with E-state index in [0.29, 0.717) is 0 Å². The third kappa shape index (κ3) is 3.35. The Hall–Kier alpha value is -3.84. The zero-order valence-electron chi connectivity index (χ0n) is 17.0. The lowest BCUT2D eigenvalue weighted by molar-refractivity contribution is 1.29. The van der Waals surface area contributed by atoms with Gasteiger partial charge in [-0.25, -0.2) is 0 Å². The van der Waals surface area contributed by atoms with Gasteiger partial charge < -0.3 is 4.90 Å². The van der Waals surface area contributed by atoms with Gasteiger partial charge in [-0.15, -0.1) is 0 Å². The molecule has 0 aromatic heterocycles. The molecule has 30 heavy (non-hydrogen) atoms. The summed E-state index contributed by atoms with van der Waals surface area (Å²) in [6.07, 6.45) is 0. The number of fused-ring (bicyclic) bond motifs is 1. The first kappa shape index (κ1) is 18.2. The molecule has 144 valence electrons. The third-order valence-electron chi connectivity index (χ3n) is 5.47. The van der Waals surface area contributed by atoms with Crippen molar-refractivity contribution in [3.63, 3.8) is 0 Å². The van der Waals surface area contributed by atoms with Crippen molar-refractivity contribution in [2.75, 3.05) is 4.90 Å². The second-order valence-corrected chi connectivity index (χ2v) is 7.56. The number of benzene rings is 5. The molecule has 0 N–H and O–H groups in total. The van der Waals surface area contributed by atoms with Crippen LogP contribution in [0, 0.1) is 6.92 Å². The van der Waals surface area contributed by atoms with Crippen molar-refractivity contribution in [2.45, 2.75) is 6.92 Å². The Balaban J connectivity index is 1.83. The number of hydrogen-bond acceptors (Lipinski definition) is 1. The minimum absolute atomic E-state index is 1.15. The predicted molar refractivity (Wildman–Crippen MR) is 129 cm³/mol. The van der Waals surface area contributed by atoms with Crippen LogP contribution in [0.5, 0.6) is 0 Å². The lowest BCUT2D eigenvalue weighted by atomic mass is 9.99. The molecule has 0 fully saturated rings. The molecule has 0 atom stereocenters. The molecule has 1 heteroatoms. The van der Waals surface area contributed by atoms with Gasteiger partial charge in [0.05, 0.1) is 11.4 Å². The summed E-state index contributed by atoms with van der Waals surface area (Å²) in [7, 11) is 0. The maximum absolute atomic E-state index is 2.39. The van der Waals surface area contributed by atoms with Crippen LogP contribution in [0.3, 0.4) is 0 Å². The summed E-state index contributed by atoms with van der Waals surface area (Å²) in [5, 5.41) is 2.50. The van der Waals surface area contributed by atoms with E-state index < -0.39 is 0 Å².